The molecule has 1 aromatic heterocycles. The second kappa shape index (κ2) is 9.02. The molecule has 0 bridgehead atoms. The Morgan fingerprint density at radius 2 is 1.77 bits per heavy atom. The van der Waals surface area contributed by atoms with Crippen molar-refractivity contribution in [2.75, 3.05) is 7.11 Å². The Labute approximate surface area is 154 Å². The Morgan fingerprint density at radius 1 is 0.923 bits per heavy atom. The fourth-order valence-corrected chi connectivity index (χ4v) is 2.80. The zero-order valence-electron chi connectivity index (χ0n) is 15.3. The van der Waals surface area contributed by atoms with Crippen LogP contribution >= 0.6 is 0 Å². The molecule has 0 aliphatic carbocycles. The van der Waals surface area contributed by atoms with E-state index >= 15 is 0 Å². The normalized spacial score (nSPS) is 10.5. The summed E-state index contributed by atoms with van der Waals surface area (Å²) >= 11 is 0. The number of nitrogens with zero attached hydrogens (tertiary/aromatic N) is 1. The first-order valence-electron chi connectivity index (χ1n) is 8.81. The van der Waals surface area contributed by atoms with Gasteiger partial charge in [-0.2, -0.15) is 0 Å². The third-order valence-electron chi connectivity index (χ3n) is 4.25. The van der Waals surface area contributed by atoms with Crippen molar-refractivity contribution in [3.63, 3.8) is 0 Å². The lowest BCUT2D eigenvalue weighted by Crippen LogP contribution is -2.80. The van der Waals surface area contributed by atoms with Crippen LogP contribution in [0.1, 0.15) is 22.3 Å². The first kappa shape index (κ1) is 18.0. The van der Waals surface area contributed by atoms with Crippen molar-refractivity contribution in [2.24, 2.45) is 0 Å². The highest BCUT2D eigenvalue weighted by atomic mass is 16.5. The van der Waals surface area contributed by atoms with Crippen LogP contribution in [0.2, 0.25) is 0 Å². The van der Waals surface area contributed by atoms with Gasteiger partial charge in [-0.25, -0.2) is 0 Å². The number of methoxy groups -OCH3 is 1. The minimum atomic E-state index is 0.524. The van der Waals surface area contributed by atoms with Gasteiger partial charge in [-0.05, 0) is 30.7 Å². The van der Waals surface area contributed by atoms with Crippen LogP contribution in [0.3, 0.4) is 0 Å². The Kier molecular flexibility index (Phi) is 6.23. The summed E-state index contributed by atoms with van der Waals surface area (Å²) in [6, 6.07) is 18.5. The Morgan fingerprint density at radius 3 is 2.50 bits per heavy atom. The molecule has 26 heavy (non-hydrogen) atoms. The van der Waals surface area contributed by atoms with Gasteiger partial charge in [-0.15, -0.1) is 0 Å². The average molecular weight is 349 g/mol. The molecule has 0 fully saturated rings. The van der Waals surface area contributed by atoms with E-state index < -0.39 is 0 Å². The van der Waals surface area contributed by atoms with Crippen molar-refractivity contribution in [2.45, 2.75) is 26.6 Å². The second-order valence-corrected chi connectivity index (χ2v) is 6.28. The molecule has 3 aromatic rings. The third-order valence-corrected chi connectivity index (χ3v) is 4.25. The number of benzene rings is 2. The van der Waals surface area contributed by atoms with Crippen molar-refractivity contribution in [1.29, 1.82) is 0 Å². The van der Waals surface area contributed by atoms with Crippen LogP contribution in [0.4, 0.5) is 0 Å². The van der Waals surface area contributed by atoms with Gasteiger partial charge in [0.05, 0.1) is 12.7 Å². The van der Waals surface area contributed by atoms with E-state index in [0.29, 0.717) is 6.61 Å². The number of rotatable bonds is 8. The highest BCUT2D eigenvalue weighted by Crippen LogP contribution is 2.31. The predicted molar refractivity (Wildman–Crippen MR) is 102 cm³/mol. The summed E-state index contributed by atoms with van der Waals surface area (Å²) in [7, 11) is 1.68. The van der Waals surface area contributed by atoms with E-state index in [4.69, 9.17) is 9.47 Å². The Balaban J connectivity index is 1.67. The van der Waals surface area contributed by atoms with E-state index in [2.05, 4.69) is 53.6 Å². The number of para-hydroxylation sites is 1. The second-order valence-electron chi connectivity index (χ2n) is 6.28. The van der Waals surface area contributed by atoms with Gasteiger partial charge in [0.25, 0.3) is 0 Å². The molecule has 4 heteroatoms. The van der Waals surface area contributed by atoms with Crippen molar-refractivity contribution in [1.82, 2.24) is 4.98 Å². The minimum Gasteiger partial charge on any atom is -0.493 e. The number of pyridine rings is 1. The summed E-state index contributed by atoms with van der Waals surface area (Å²) in [6.07, 6.45) is 3.69. The van der Waals surface area contributed by atoms with Crippen molar-refractivity contribution < 1.29 is 14.8 Å². The predicted octanol–water partition coefficient (Wildman–Crippen LogP) is 3.24. The third kappa shape index (κ3) is 4.83. The summed E-state index contributed by atoms with van der Waals surface area (Å²) in [5, 5.41) is 2.24. The lowest BCUT2D eigenvalue weighted by molar-refractivity contribution is -0.686. The highest BCUT2D eigenvalue weighted by Gasteiger charge is 2.12. The van der Waals surface area contributed by atoms with Gasteiger partial charge in [0.2, 0.25) is 0 Å². The molecule has 0 aliphatic rings. The molecule has 0 amide bonds. The summed E-state index contributed by atoms with van der Waals surface area (Å²) < 4.78 is 11.6. The fourth-order valence-electron chi connectivity index (χ4n) is 2.80. The summed E-state index contributed by atoms with van der Waals surface area (Å²) in [6.45, 7) is 4.30. The lowest BCUT2D eigenvalue weighted by Gasteiger charge is -2.15. The lowest BCUT2D eigenvalue weighted by atomic mass is 10.1. The molecule has 0 radical (unpaired) electrons. The molecule has 0 spiro atoms. The number of hydrogen-bond donors (Lipinski definition) is 1. The molecule has 0 saturated heterocycles. The number of hydrogen-bond acceptors (Lipinski definition) is 3. The molecule has 4 nitrogen and oxygen atoms in total. The van der Waals surface area contributed by atoms with Gasteiger partial charge in [-0.1, -0.05) is 42.0 Å². The summed E-state index contributed by atoms with van der Waals surface area (Å²) in [5.74, 6) is 1.59. The summed E-state index contributed by atoms with van der Waals surface area (Å²) in [5.41, 5.74) is 4.72. The number of aryl methyl sites for hydroxylation is 1. The summed E-state index contributed by atoms with van der Waals surface area (Å²) in [4.78, 5) is 4.16. The Bertz CT molecular complexity index is 817. The molecule has 0 aliphatic heterocycles. The minimum absolute atomic E-state index is 0.524. The van der Waals surface area contributed by atoms with E-state index in [1.807, 2.05) is 24.4 Å². The molecule has 3 rings (SSSR count). The number of quaternary nitrogens is 1. The van der Waals surface area contributed by atoms with Crippen LogP contribution in [0.5, 0.6) is 11.5 Å². The number of ether oxygens (including phenoxy) is 2. The molecule has 0 unspecified atom stereocenters. The van der Waals surface area contributed by atoms with Gasteiger partial charge in [0, 0.05) is 18.0 Å². The first-order chi connectivity index (χ1) is 12.8. The SMILES string of the molecule is COc1cccc(C[NH2+]Cc2cccnc2)c1OCc1ccc(C)cc1. The van der Waals surface area contributed by atoms with Gasteiger partial charge >= 0.3 is 0 Å². The molecule has 2 aromatic carbocycles. The van der Waals surface area contributed by atoms with E-state index in [-0.39, 0.29) is 0 Å². The van der Waals surface area contributed by atoms with E-state index in [1.54, 1.807) is 13.3 Å². The quantitative estimate of drug-likeness (QED) is 0.679. The first-order valence-corrected chi connectivity index (χ1v) is 8.81. The molecule has 2 N–H and O–H groups in total. The number of aromatic nitrogens is 1. The maximum absolute atomic E-state index is 6.13. The molecule has 1 heterocycles. The maximum Gasteiger partial charge on any atom is 0.170 e. The van der Waals surface area contributed by atoms with E-state index in [1.165, 1.54) is 11.1 Å². The zero-order chi connectivity index (χ0) is 18.2. The fraction of sp³-hybridized carbons (Fsp3) is 0.227. The van der Waals surface area contributed by atoms with Gasteiger partial charge in [0.15, 0.2) is 11.5 Å². The van der Waals surface area contributed by atoms with Crippen LogP contribution in [0.25, 0.3) is 0 Å². The highest BCUT2D eigenvalue weighted by molar-refractivity contribution is 5.46. The average Bonchev–Trinajstić information content (AvgIpc) is 2.69. The maximum atomic E-state index is 6.13. The topological polar surface area (TPSA) is 48.0 Å². The van der Waals surface area contributed by atoms with Crippen molar-refractivity contribution in [3.8, 4) is 11.5 Å². The molecular weight excluding hydrogens is 324 g/mol. The monoisotopic (exact) mass is 349 g/mol. The van der Waals surface area contributed by atoms with Crippen LogP contribution in [-0.2, 0) is 19.7 Å². The number of nitrogens with two attached hydrogens (primary N) is 1. The van der Waals surface area contributed by atoms with Crippen molar-refractivity contribution in [3.05, 3.63) is 89.2 Å². The van der Waals surface area contributed by atoms with Gasteiger partial charge in [-0.3, -0.25) is 4.98 Å². The largest absolute Gasteiger partial charge is 0.493 e. The van der Waals surface area contributed by atoms with Crippen LogP contribution in [-0.4, -0.2) is 12.1 Å². The molecular formula is C22H25N2O2+. The zero-order valence-corrected chi connectivity index (χ0v) is 15.3. The molecule has 0 atom stereocenters. The van der Waals surface area contributed by atoms with Gasteiger partial charge < -0.3 is 14.8 Å². The van der Waals surface area contributed by atoms with Crippen LogP contribution in [0.15, 0.2) is 67.0 Å². The van der Waals surface area contributed by atoms with Gasteiger partial charge in [0.1, 0.15) is 19.7 Å². The Hall–Kier alpha value is -2.85. The molecule has 0 saturated carbocycles. The standard InChI is InChI=1S/C22H24N2O2/c1-17-8-10-18(11-9-17)16-26-22-20(6-3-7-21(22)25-2)15-24-14-19-5-4-12-23-13-19/h3-13,24H,14-16H2,1-2H3/p+1. The van der Waals surface area contributed by atoms with E-state index in [0.717, 1.165) is 35.7 Å². The van der Waals surface area contributed by atoms with Crippen LogP contribution < -0.4 is 14.8 Å². The van der Waals surface area contributed by atoms with Crippen LogP contribution in [0, 0.1) is 6.92 Å². The molecule has 134 valence electrons. The van der Waals surface area contributed by atoms with Crippen molar-refractivity contribution >= 4 is 0 Å². The van der Waals surface area contributed by atoms with E-state index in [9.17, 15) is 0 Å². The smallest absolute Gasteiger partial charge is 0.170 e.